The number of nitrogens with one attached hydrogen (secondary N) is 1. The highest BCUT2D eigenvalue weighted by atomic mass is 35.5. The van der Waals surface area contributed by atoms with Gasteiger partial charge in [-0.3, -0.25) is 4.79 Å². The first kappa shape index (κ1) is 12.0. The van der Waals surface area contributed by atoms with Gasteiger partial charge in [-0.1, -0.05) is 17.7 Å². The summed E-state index contributed by atoms with van der Waals surface area (Å²) in [6, 6.07) is 6.90. The second-order valence-electron chi connectivity index (χ2n) is 3.26. The lowest BCUT2D eigenvalue weighted by Gasteiger charge is -2.04. The highest BCUT2D eigenvalue weighted by molar-refractivity contribution is 6.30. The third-order valence-corrected chi connectivity index (χ3v) is 2.24. The molecule has 0 saturated carbocycles. The molecule has 0 radical (unpaired) electrons. The molecule has 0 bridgehead atoms. The molecule has 0 heterocycles. The molecule has 0 saturated heterocycles. The summed E-state index contributed by atoms with van der Waals surface area (Å²) in [5.41, 5.74) is 5.94. The summed E-state index contributed by atoms with van der Waals surface area (Å²) in [4.78, 5) is 11.6. The van der Waals surface area contributed by atoms with Gasteiger partial charge in [0.05, 0.1) is 0 Å². The van der Waals surface area contributed by atoms with E-state index < -0.39 is 0 Å². The van der Waals surface area contributed by atoms with Crippen molar-refractivity contribution in [3.63, 3.8) is 0 Å². The van der Waals surface area contributed by atoms with Crippen LogP contribution in [-0.2, 0) is 0 Å². The predicted octanol–water partition coefficient (Wildman–Crippen LogP) is 1.81. The second-order valence-corrected chi connectivity index (χ2v) is 3.70. The maximum absolute atomic E-state index is 11.6. The molecule has 0 unspecified atom stereocenters. The lowest BCUT2D eigenvalue weighted by molar-refractivity contribution is 0.0953. The number of hydrogen-bond donors (Lipinski definition) is 2. The van der Waals surface area contributed by atoms with Gasteiger partial charge in [0.2, 0.25) is 0 Å². The Bertz CT molecular complexity index is 328. The van der Waals surface area contributed by atoms with Crippen molar-refractivity contribution in [3.8, 4) is 0 Å². The first-order chi connectivity index (χ1) is 7.24. The molecule has 3 N–H and O–H groups in total. The Kier molecular flexibility index (Phi) is 5.15. The Balaban J connectivity index is 2.40. The molecule has 0 aliphatic carbocycles. The molecule has 4 heteroatoms. The largest absolute Gasteiger partial charge is 0.352 e. The quantitative estimate of drug-likeness (QED) is 0.753. The number of carbonyl (C=O) groups is 1. The van der Waals surface area contributed by atoms with Crippen LogP contribution in [-0.4, -0.2) is 19.0 Å². The van der Waals surface area contributed by atoms with Crippen LogP contribution in [0, 0.1) is 0 Å². The highest BCUT2D eigenvalue weighted by Gasteiger charge is 2.03. The Morgan fingerprint density at radius 2 is 2.20 bits per heavy atom. The van der Waals surface area contributed by atoms with Crippen LogP contribution in [0.25, 0.3) is 0 Å². The van der Waals surface area contributed by atoms with Crippen LogP contribution in [0.5, 0.6) is 0 Å². The van der Waals surface area contributed by atoms with E-state index in [-0.39, 0.29) is 5.91 Å². The molecule has 1 amide bonds. The average Bonchev–Trinajstić information content (AvgIpc) is 2.24. The normalized spacial score (nSPS) is 10.0. The Labute approximate surface area is 94.6 Å². The van der Waals surface area contributed by atoms with Gasteiger partial charge in [0, 0.05) is 17.1 Å². The number of amides is 1. The van der Waals surface area contributed by atoms with Crippen molar-refractivity contribution in [1.82, 2.24) is 5.32 Å². The average molecular weight is 227 g/mol. The van der Waals surface area contributed by atoms with E-state index in [0.29, 0.717) is 23.7 Å². The standard InChI is InChI=1S/C11H15ClN2O/c12-10-5-3-4-9(8-10)11(15)14-7-2-1-6-13/h3-5,8H,1-2,6-7,13H2,(H,14,15). The van der Waals surface area contributed by atoms with Crippen LogP contribution in [0.15, 0.2) is 24.3 Å². The van der Waals surface area contributed by atoms with E-state index in [1.165, 1.54) is 0 Å². The summed E-state index contributed by atoms with van der Waals surface area (Å²) in [5, 5.41) is 3.38. The van der Waals surface area contributed by atoms with Gasteiger partial charge in [-0.2, -0.15) is 0 Å². The zero-order chi connectivity index (χ0) is 11.1. The summed E-state index contributed by atoms with van der Waals surface area (Å²) < 4.78 is 0. The summed E-state index contributed by atoms with van der Waals surface area (Å²) in [5.74, 6) is -0.0884. The lowest BCUT2D eigenvalue weighted by Crippen LogP contribution is -2.24. The van der Waals surface area contributed by atoms with Crippen molar-refractivity contribution in [2.45, 2.75) is 12.8 Å². The molecular weight excluding hydrogens is 212 g/mol. The van der Waals surface area contributed by atoms with Crippen LogP contribution in [0.4, 0.5) is 0 Å². The van der Waals surface area contributed by atoms with E-state index in [1.807, 2.05) is 0 Å². The maximum Gasteiger partial charge on any atom is 0.251 e. The molecule has 1 aromatic carbocycles. The molecule has 0 fully saturated rings. The molecule has 1 aromatic rings. The lowest BCUT2D eigenvalue weighted by atomic mass is 10.2. The molecule has 0 aromatic heterocycles. The minimum atomic E-state index is -0.0884. The molecule has 0 aliphatic rings. The molecule has 82 valence electrons. The van der Waals surface area contributed by atoms with Gasteiger partial charge in [0.15, 0.2) is 0 Å². The molecule has 0 atom stereocenters. The Hall–Kier alpha value is -1.06. The van der Waals surface area contributed by atoms with Crippen molar-refractivity contribution in [3.05, 3.63) is 34.9 Å². The van der Waals surface area contributed by atoms with E-state index in [4.69, 9.17) is 17.3 Å². The van der Waals surface area contributed by atoms with E-state index in [1.54, 1.807) is 24.3 Å². The molecule has 3 nitrogen and oxygen atoms in total. The fraction of sp³-hybridized carbons (Fsp3) is 0.364. The summed E-state index contributed by atoms with van der Waals surface area (Å²) in [6.45, 7) is 1.32. The first-order valence-electron chi connectivity index (χ1n) is 4.98. The number of hydrogen-bond acceptors (Lipinski definition) is 2. The molecule has 0 spiro atoms. The zero-order valence-corrected chi connectivity index (χ0v) is 9.26. The molecule has 1 rings (SSSR count). The number of unbranched alkanes of at least 4 members (excludes halogenated alkanes) is 1. The van der Waals surface area contributed by atoms with Gasteiger partial charge >= 0.3 is 0 Å². The highest BCUT2D eigenvalue weighted by Crippen LogP contribution is 2.10. The zero-order valence-electron chi connectivity index (χ0n) is 8.50. The minimum Gasteiger partial charge on any atom is -0.352 e. The van der Waals surface area contributed by atoms with Crippen LogP contribution in [0.3, 0.4) is 0 Å². The van der Waals surface area contributed by atoms with Crippen molar-refractivity contribution >= 4 is 17.5 Å². The van der Waals surface area contributed by atoms with Crippen molar-refractivity contribution in [2.75, 3.05) is 13.1 Å². The van der Waals surface area contributed by atoms with Gasteiger partial charge < -0.3 is 11.1 Å². The third-order valence-electron chi connectivity index (χ3n) is 2.00. The van der Waals surface area contributed by atoms with Crippen LogP contribution in [0.2, 0.25) is 5.02 Å². The second kappa shape index (κ2) is 6.43. The van der Waals surface area contributed by atoms with E-state index in [2.05, 4.69) is 5.32 Å². The molecular formula is C11H15ClN2O. The first-order valence-corrected chi connectivity index (χ1v) is 5.35. The fourth-order valence-electron chi connectivity index (χ4n) is 1.20. The van der Waals surface area contributed by atoms with Gasteiger partial charge in [0.25, 0.3) is 5.91 Å². The predicted molar refractivity (Wildman–Crippen MR) is 62.1 cm³/mol. The SMILES string of the molecule is NCCCCNC(=O)c1cccc(Cl)c1. The van der Waals surface area contributed by atoms with Crippen LogP contribution >= 0.6 is 11.6 Å². The van der Waals surface area contributed by atoms with E-state index in [0.717, 1.165) is 12.8 Å². The van der Waals surface area contributed by atoms with Gasteiger partial charge in [-0.25, -0.2) is 0 Å². The Morgan fingerprint density at radius 3 is 2.87 bits per heavy atom. The smallest absolute Gasteiger partial charge is 0.251 e. The molecule has 0 aliphatic heterocycles. The van der Waals surface area contributed by atoms with E-state index in [9.17, 15) is 4.79 Å². The van der Waals surface area contributed by atoms with Crippen LogP contribution < -0.4 is 11.1 Å². The Morgan fingerprint density at radius 1 is 1.40 bits per heavy atom. The van der Waals surface area contributed by atoms with Gasteiger partial charge in [-0.15, -0.1) is 0 Å². The van der Waals surface area contributed by atoms with Crippen LogP contribution in [0.1, 0.15) is 23.2 Å². The maximum atomic E-state index is 11.6. The number of halogens is 1. The van der Waals surface area contributed by atoms with Crippen molar-refractivity contribution in [1.29, 1.82) is 0 Å². The summed E-state index contributed by atoms with van der Waals surface area (Å²) in [6.07, 6.45) is 1.83. The summed E-state index contributed by atoms with van der Waals surface area (Å²) in [7, 11) is 0. The van der Waals surface area contributed by atoms with Gasteiger partial charge in [-0.05, 0) is 37.6 Å². The monoisotopic (exact) mass is 226 g/mol. The fourth-order valence-corrected chi connectivity index (χ4v) is 1.39. The number of rotatable bonds is 5. The number of nitrogens with two attached hydrogens (primary N) is 1. The number of benzene rings is 1. The number of carbonyl (C=O) groups excluding carboxylic acids is 1. The molecule has 15 heavy (non-hydrogen) atoms. The minimum absolute atomic E-state index is 0.0884. The topological polar surface area (TPSA) is 55.1 Å². The summed E-state index contributed by atoms with van der Waals surface area (Å²) >= 11 is 5.78. The van der Waals surface area contributed by atoms with E-state index >= 15 is 0 Å². The van der Waals surface area contributed by atoms with Crippen molar-refractivity contribution in [2.24, 2.45) is 5.73 Å². The van der Waals surface area contributed by atoms with Gasteiger partial charge in [0.1, 0.15) is 0 Å². The third kappa shape index (κ3) is 4.32. The van der Waals surface area contributed by atoms with Crippen molar-refractivity contribution < 1.29 is 4.79 Å².